The van der Waals surface area contributed by atoms with Gasteiger partial charge < -0.3 is 50.5 Å². The Morgan fingerprint density at radius 2 is 0.954 bits per heavy atom. The molecule has 11 nitrogen and oxygen atoms in total. The van der Waals surface area contributed by atoms with Crippen LogP contribution in [0.2, 0.25) is 0 Å². The minimum atomic E-state index is -1.67. The van der Waals surface area contributed by atoms with Crippen molar-refractivity contribution >= 4 is 5.91 Å². The minimum absolute atomic E-state index is 0.235. The first-order valence-corrected chi connectivity index (χ1v) is 26.9. The summed E-state index contributed by atoms with van der Waals surface area (Å²) in [5.41, 5.74) is 0. The molecular weight excluding hydrogens is 823 g/mol. The molecule has 9 atom stereocenters. The fraction of sp³-hybridized carbons (Fsp3) is 0.870. The van der Waals surface area contributed by atoms with Gasteiger partial charge in [0.25, 0.3) is 0 Å². The summed E-state index contributed by atoms with van der Waals surface area (Å²) in [6.07, 6.45) is 40.6. The molecule has 382 valence electrons. The van der Waals surface area contributed by atoms with Crippen molar-refractivity contribution in [1.29, 1.82) is 0 Å². The molecule has 1 rings (SSSR count). The summed E-state index contributed by atoms with van der Waals surface area (Å²) in [5, 5.41) is 75.9. The molecule has 0 aliphatic carbocycles. The molecule has 0 aromatic rings. The number of nitrogens with one attached hydrogen (secondary N) is 1. The van der Waals surface area contributed by atoms with E-state index >= 15 is 0 Å². The van der Waals surface area contributed by atoms with E-state index in [2.05, 4.69) is 55.6 Å². The minimum Gasteiger partial charge on any atom is -0.394 e. The van der Waals surface area contributed by atoms with E-state index in [1.54, 1.807) is 0 Å². The highest BCUT2D eigenvalue weighted by Crippen LogP contribution is 2.23. The van der Waals surface area contributed by atoms with E-state index in [-0.39, 0.29) is 12.8 Å². The molecule has 1 saturated heterocycles. The standard InChI is InChI=1S/C54H101NO10/c1-3-5-7-9-11-13-15-17-19-20-21-22-23-24-25-26-27-28-30-31-33-35-37-39-41-46(57)49(59)45(44-64-54-52(62)51(61)50(60)48(43-56)65-54)55-53(63)47(58)42-40-38-36-34-32-29-18-16-14-12-10-8-6-4-2/h12,14,16,18,33,35,45-52,54,56-62H,3-11,13,15,17,19-32,34,36-44H2,1-2H3,(H,55,63)/b14-12-,18-16-,35-33+. The van der Waals surface area contributed by atoms with Crippen LogP contribution in [0.25, 0.3) is 0 Å². The fourth-order valence-electron chi connectivity index (χ4n) is 8.49. The van der Waals surface area contributed by atoms with Gasteiger partial charge in [0.1, 0.15) is 36.6 Å². The Morgan fingerprint density at radius 3 is 1.45 bits per heavy atom. The van der Waals surface area contributed by atoms with Gasteiger partial charge in [-0.25, -0.2) is 0 Å². The summed E-state index contributed by atoms with van der Waals surface area (Å²) < 4.78 is 11.1. The highest BCUT2D eigenvalue weighted by molar-refractivity contribution is 5.80. The molecule has 1 amide bonds. The number of carbonyl (C=O) groups excluding carboxylic acids is 1. The molecule has 0 saturated carbocycles. The number of allylic oxidation sites excluding steroid dienone is 6. The topological polar surface area (TPSA) is 189 Å². The van der Waals surface area contributed by atoms with Gasteiger partial charge in [0.05, 0.1) is 25.4 Å². The smallest absolute Gasteiger partial charge is 0.249 e. The van der Waals surface area contributed by atoms with Gasteiger partial charge in [-0.2, -0.15) is 0 Å². The normalized spacial score (nSPS) is 21.2. The van der Waals surface area contributed by atoms with Crippen LogP contribution in [0.15, 0.2) is 36.5 Å². The molecule has 1 heterocycles. The SMILES string of the molecule is CCCCC/C=C\C=C/CCCCCCCC(O)C(=O)NC(COC1OC(CO)C(O)C(O)C1O)C(O)C(O)CCC/C=C/CCCCCCCCCCCCCCCCCCCCC. The first-order valence-electron chi connectivity index (χ1n) is 26.9. The molecule has 1 aliphatic heterocycles. The molecule has 11 heteroatoms. The van der Waals surface area contributed by atoms with Gasteiger partial charge in [-0.15, -0.1) is 0 Å². The van der Waals surface area contributed by atoms with Crippen LogP contribution in [-0.4, -0.2) is 110 Å². The monoisotopic (exact) mass is 924 g/mol. The third-order valence-corrected chi connectivity index (χ3v) is 12.9. The third kappa shape index (κ3) is 32.7. The second-order valence-electron chi connectivity index (χ2n) is 19.0. The van der Waals surface area contributed by atoms with Crippen molar-refractivity contribution in [2.45, 2.75) is 287 Å². The highest BCUT2D eigenvalue weighted by Gasteiger charge is 2.44. The summed E-state index contributed by atoms with van der Waals surface area (Å²) in [5.74, 6) is -0.718. The fourth-order valence-corrected chi connectivity index (χ4v) is 8.49. The lowest BCUT2D eigenvalue weighted by Gasteiger charge is -2.40. The quantitative estimate of drug-likeness (QED) is 0.0166. The molecule has 0 aromatic carbocycles. The number of unbranched alkanes of at least 4 members (excludes halogenated alkanes) is 28. The van der Waals surface area contributed by atoms with E-state index in [9.17, 15) is 40.5 Å². The van der Waals surface area contributed by atoms with E-state index < -0.39 is 74.2 Å². The molecular formula is C54H101NO10. The second kappa shape index (κ2) is 43.6. The number of aliphatic hydroxyl groups is 7. The lowest BCUT2D eigenvalue weighted by atomic mass is 9.98. The van der Waals surface area contributed by atoms with Crippen molar-refractivity contribution in [2.24, 2.45) is 0 Å². The maximum absolute atomic E-state index is 13.1. The number of hydrogen-bond donors (Lipinski definition) is 8. The van der Waals surface area contributed by atoms with Crippen LogP contribution in [-0.2, 0) is 14.3 Å². The molecule has 9 unspecified atom stereocenters. The van der Waals surface area contributed by atoms with E-state index in [4.69, 9.17) is 9.47 Å². The summed E-state index contributed by atoms with van der Waals surface area (Å²) in [6.45, 7) is 3.40. The molecule has 1 aliphatic rings. The third-order valence-electron chi connectivity index (χ3n) is 12.9. The zero-order valence-corrected chi connectivity index (χ0v) is 41.5. The van der Waals surface area contributed by atoms with Gasteiger partial charge in [-0.3, -0.25) is 4.79 Å². The maximum Gasteiger partial charge on any atom is 0.249 e. The van der Waals surface area contributed by atoms with E-state index in [0.717, 1.165) is 57.8 Å². The van der Waals surface area contributed by atoms with Crippen LogP contribution in [0.4, 0.5) is 0 Å². The van der Waals surface area contributed by atoms with Crippen LogP contribution in [0.1, 0.15) is 232 Å². The maximum atomic E-state index is 13.1. The van der Waals surface area contributed by atoms with Gasteiger partial charge in [0.15, 0.2) is 6.29 Å². The van der Waals surface area contributed by atoms with Crippen LogP contribution >= 0.6 is 0 Å². The van der Waals surface area contributed by atoms with Crippen molar-refractivity contribution in [1.82, 2.24) is 5.32 Å². The molecule has 0 spiro atoms. The van der Waals surface area contributed by atoms with Crippen molar-refractivity contribution in [2.75, 3.05) is 13.2 Å². The number of aliphatic hydroxyl groups excluding tert-OH is 7. The van der Waals surface area contributed by atoms with E-state index in [0.29, 0.717) is 12.8 Å². The van der Waals surface area contributed by atoms with Crippen LogP contribution in [0.5, 0.6) is 0 Å². The van der Waals surface area contributed by atoms with Crippen molar-refractivity contribution in [3.8, 4) is 0 Å². The van der Waals surface area contributed by atoms with Crippen molar-refractivity contribution in [3.63, 3.8) is 0 Å². The zero-order valence-electron chi connectivity index (χ0n) is 41.5. The predicted molar refractivity (Wildman–Crippen MR) is 265 cm³/mol. The van der Waals surface area contributed by atoms with Gasteiger partial charge >= 0.3 is 0 Å². The number of ether oxygens (including phenoxy) is 2. The summed E-state index contributed by atoms with van der Waals surface area (Å²) in [7, 11) is 0. The Hall–Kier alpha value is -1.67. The lowest BCUT2D eigenvalue weighted by molar-refractivity contribution is -0.303. The first kappa shape index (κ1) is 61.3. The number of carbonyl (C=O) groups is 1. The number of hydrogen-bond acceptors (Lipinski definition) is 10. The van der Waals surface area contributed by atoms with E-state index in [1.807, 2.05) is 0 Å². The van der Waals surface area contributed by atoms with Crippen LogP contribution < -0.4 is 5.32 Å². The van der Waals surface area contributed by atoms with Gasteiger partial charge in [-0.1, -0.05) is 204 Å². The molecule has 0 bridgehead atoms. The summed E-state index contributed by atoms with van der Waals surface area (Å²) in [6, 6.07) is -1.19. The molecule has 65 heavy (non-hydrogen) atoms. The molecule has 8 N–H and O–H groups in total. The molecule has 0 aromatic heterocycles. The average Bonchev–Trinajstić information content (AvgIpc) is 3.31. The van der Waals surface area contributed by atoms with Crippen LogP contribution in [0.3, 0.4) is 0 Å². The highest BCUT2D eigenvalue weighted by atomic mass is 16.7. The lowest BCUT2D eigenvalue weighted by Crippen LogP contribution is -2.60. The first-order chi connectivity index (χ1) is 31.7. The van der Waals surface area contributed by atoms with Crippen molar-refractivity contribution < 1.29 is 50.0 Å². The number of rotatable bonds is 45. The van der Waals surface area contributed by atoms with E-state index in [1.165, 1.54) is 135 Å². The zero-order chi connectivity index (χ0) is 47.6. The summed E-state index contributed by atoms with van der Waals surface area (Å²) >= 11 is 0. The molecule has 1 fully saturated rings. The van der Waals surface area contributed by atoms with Crippen molar-refractivity contribution in [3.05, 3.63) is 36.5 Å². The van der Waals surface area contributed by atoms with Gasteiger partial charge in [0.2, 0.25) is 5.91 Å². The molecule has 0 radical (unpaired) electrons. The average molecular weight is 924 g/mol. The number of amides is 1. The van der Waals surface area contributed by atoms with Crippen LogP contribution in [0, 0.1) is 0 Å². The Labute approximate surface area is 397 Å². The Kier molecular flexibility index (Phi) is 41.1. The van der Waals surface area contributed by atoms with Gasteiger partial charge in [0, 0.05) is 0 Å². The largest absolute Gasteiger partial charge is 0.394 e. The second-order valence-corrected chi connectivity index (χ2v) is 19.0. The van der Waals surface area contributed by atoms with Gasteiger partial charge in [-0.05, 0) is 64.2 Å². The summed E-state index contributed by atoms with van der Waals surface area (Å²) in [4.78, 5) is 13.1. The Balaban J connectivity index is 2.36. The Bertz CT molecular complexity index is 1150. The predicted octanol–water partition coefficient (Wildman–Crippen LogP) is 10.3. The Morgan fingerprint density at radius 1 is 0.538 bits per heavy atom.